The number of urea groups is 1. The molecule has 0 bridgehead atoms. The lowest BCUT2D eigenvalue weighted by Crippen LogP contribution is -2.41. The Morgan fingerprint density at radius 3 is 2.51 bits per heavy atom. The Hall–Kier alpha value is -3.56. The maximum Gasteiger partial charge on any atom is 0.322 e. The number of carbonyl (C=O) groups is 1. The summed E-state index contributed by atoms with van der Waals surface area (Å²) in [6, 6.07) is 21.6. The van der Waals surface area contributed by atoms with Crippen molar-refractivity contribution in [2.75, 3.05) is 4.90 Å². The predicted molar refractivity (Wildman–Crippen MR) is 145 cm³/mol. The highest BCUT2D eigenvalue weighted by atomic mass is 79.9. The normalized spacial score (nSPS) is 14.1. The lowest BCUT2D eigenvalue weighted by Gasteiger charge is -2.26. The van der Waals surface area contributed by atoms with Crippen LogP contribution in [0.15, 0.2) is 71.2 Å². The van der Waals surface area contributed by atoms with Gasteiger partial charge >= 0.3 is 6.03 Å². The zero-order valence-electron chi connectivity index (χ0n) is 20.6. The van der Waals surface area contributed by atoms with Gasteiger partial charge in [-0.15, -0.1) is 10.2 Å². The van der Waals surface area contributed by atoms with E-state index < -0.39 is 6.10 Å². The minimum absolute atomic E-state index is 0.153. The molecule has 1 aromatic heterocycles. The van der Waals surface area contributed by atoms with Gasteiger partial charge in [0, 0.05) is 16.6 Å². The van der Waals surface area contributed by atoms with Crippen LogP contribution in [0.25, 0.3) is 0 Å². The summed E-state index contributed by atoms with van der Waals surface area (Å²) >= 11 is 3.47. The molecule has 1 aliphatic carbocycles. The summed E-state index contributed by atoms with van der Waals surface area (Å²) < 4.78 is 1.00. The Morgan fingerprint density at radius 1 is 1.05 bits per heavy atom. The zero-order valence-corrected chi connectivity index (χ0v) is 22.1. The van der Waals surface area contributed by atoms with Crippen molar-refractivity contribution in [3.05, 3.63) is 105 Å². The average molecular weight is 561 g/mol. The largest absolute Gasteiger partial charge is 0.388 e. The van der Waals surface area contributed by atoms with Gasteiger partial charge in [-0.25, -0.2) is 4.79 Å². The first-order valence-electron chi connectivity index (χ1n) is 12.4. The van der Waals surface area contributed by atoms with Crippen molar-refractivity contribution in [2.45, 2.75) is 51.3 Å². The number of H-pyrrole nitrogens is 1. The third-order valence-corrected chi connectivity index (χ3v) is 7.35. The van der Waals surface area contributed by atoms with Gasteiger partial charge in [0.2, 0.25) is 0 Å². The van der Waals surface area contributed by atoms with E-state index in [1.54, 1.807) is 4.90 Å². The van der Waals surface area contributed by atoms with E-state index in [9.17, 15) is 9.90 Å². The number of tetrazole rings is 1. The van der Waals surface area contributed by atoms with Crippen LogP contribution < -0.4 is 10.2 Å². The number of aliphatic hydroxyl groups excluding tert-OH is 1. The number of rotatable bonds is 8. The van der Waals surface area contributed by atoms with Gasteiger partial charge in [-0.05, 0) is 78.3 Å². The van der Waals surface area contributed by atoms with Gasteiger partial charge in [-0.1, -0.05) is 63.6 Å². The third kappa shape index (κ3) is 6.06. The molecule has 0 fully saturated rings. The number of carbonyl (C=O) groups excluding carboxylic acids is 1. The molecular weight excluding hydrogens is 532 g/mol. The minimum Gasteiger partial charge on any atom is -0.388 e. The lowest BCUT2D eigenvalue weighted by atomic mass is 10.0. The summed E-state index contributed by atoms with van der Waals surface area (Å²) in [5.41, 5.74) is 6.31. The van der Waals surface area contributed by atoms with Crippen LogP contribution in [-0.4, -0.2) is 31.8 Å². The van der Waals surface area contributed by atoms with Crippen molar-refractivity contribution in [3.63, 3.8) is 0 Å². The van der Waals surface area contributed by atoms with Crippen molar-refractivity contribution < 1.29 is 9.90 Å². The summed E-state index contributed by atoms with van der Waals surface area (Å²) in [4.78, 5) is 15.4. The number of benzene rings is 3. The first-order valence-corrected chi connectivity index (χ1v) is 13.2. The molecule has 2 unspecified atom stereocenters. The van der Waals surface area contributed by atoms with Gasteiger partial charge in [0.1, 0.15) is 0 Å². The van der Waals surface area contributed by atoms with Gasteiger partial charge in [-0.3, -0.25) is 4.90 Å². The number of amides is 2. The topological polar surface area (TPSA) is 107 Å². The fourth-order valence-corrected chi connectivity index (χ4v) is 4.96. The molecule has 8 nitrogen and oxygen atoms in total. The molecule has 0 aliphatic heterocycles. The van der Waals surface area contributed by atoms with Gasteiger partial charge < -0.3 is 10.4 Å². The van der Waals surface area contributed by atoms with Crippen LogP contribution in [0.1, 0.15) is 59.1 Å². The predicted octanol–water partition coefficient (Wildman–Crippen LogP) is 5.20. The second-order valence-electron chi connectivity index (χ2n) is 9.40. The number of aromatic nitrogens is 4. The highest BCUT2D eigenvalue weighted by Crippen LogP contribution is 2.29. The Bertz CT molecular complexity index is 1340. The van der Waals surface area contributed by atoms with Crippen LogP contribution in [-0.2, 0) is 25.8 Å². The molecule has 3 aromatic carbocycles. The molecule has 5 rings (SSSR count). The molecule has 2 amide bonds. The molecule has 4 aromatic rings. The van der Waals surface area contributed by atoms with E-state index in [2.05, 4.69) is 54.0 Å². The Balaban J connectivity index is 1.35. The molecule has 0 spiro atoms. The van der Waals surface area contributed by atoms with Gasteiger partial charge in [-0.2, -0.15) is 5.21 Å². The van der Waals surface area contributed by atoms with E-state index in [4.69, 9.17) is 0 Å². The van der Waals surface area contributed by atoms with E-state index in [1.165, 1.54) is 11.1 Å². The van der Waals surface area contributed by atoms with Gasteiger partial charge in [0.15, 0.2) is 5.82 Å². The van der Waals surface area contributed by atoms with Crippen LogP contribution in [0.4, 0.5) is 10.5 Å². The number of nitrogens with zero attached hydrogens (tertiary/aromatic N) is 4. The fourth-order valence-electron chi connectivity index (χ4n) is 4.69. The number of anilines is 1. The van der Waals surface area contributed by atoms with Crippen molar-refractivity contribution in [3.8, 4) is 0 Å². The SMILES string of the molecule is CC(NC(=O)N(Cc1ccc(C(O)Cc2nn[nH]n2)cc1)c1ccc2c(c1)CCC2)c1ccc(Br)cc1. The standard InChI is InChI=1S/C28H29BrN6O2/c1-18(20-9-12-24(29)13-10-20)30-28(37)35(25-14-11-21-3-2-4-23(21)15-25)17-19-5-7-22(8-6-19)26(36)16-27-31-33-34-32-27/h5-15,18,26,36H,2-4,16-17H2,1H3,(H,30,37)(H,31,32,33,34). The second kappa shape index (κ2) is 11.2. The van der Waals surface area contributed by atoms with Crippen LogP contribution in [0.3, 0.4) is 0 Å². The Morgan fingerprint density at radius 2 is 1.78 bits per heavy atom. The summed E-state index contributed by atoms with van der Waals surface area (Å²) in [5, 5.41) is 27.5. The number of aliphatic hydroxyl groups is 1. The highest BCUT2D eigenvalue weighted by molar-refractivity contribution is 9.10. The average Bonchev–Trinajstić information content (AvgIpc) is 3.59. The number of nitrogens with one attached hydrogen (secondary N) is 2. The quantitative estimate of drug-likeness (QED) is 0.274. The Kier molecular flexibility index (Phi) is 7.62. The summed E-state index contributed by atoms with van der Waals surface area (Å²) in [6.45, 7) is 2.39. The molecule has 1 heterocycles. The third-order valence-electron chi connectivity index (χ3n) is 6.82. The minimum atomic E-state index is -0.741. The molecule has 2 atom stereocenters. The maximum atomic E-state index is 13.6. The summed E-state index contributed by atoms with van der Waals surface area (Å²) in [6.07, 6.45) is 2.82. The van der Waals surface area contributed by atoms with Crippen LogP contribution in [0.2, 0.25) is 0 Å². The molecule has 190 valence electrons. The zero-order chi connectivity index (χ0) is 25.8. The molecule has 1 aliphatic rings. The molecule has 0 radical (unpaired) electrons. The van der Waals surface area contributed by atoms with Crippen molar-refractivity contribution in [1.82, 2.24) is 25.9 Å². The fraction of sp³-hybridized carbons (Fsp3) is 0.286. The van der Waals surface area contributed by atoms with Crippen LogP contribution in [0, 0.1) is 0 Å². The molecule has 9 heteroatoms. The monoisotopic (exact) mass is 560 g/mol. The molecule has 0 saturated carbocycles. The van der Waals surface area contributed by atoms with Gasteiger partial charge in [0.25, 0.3) is 0 Å². The van der Waals surface area contributed by atoms with Crippen LogP contribution in [0.5, 0.6) is 0 Å². The van der Waals surface area contributed by atoms with E-state index in [0.717, 1.165) is 46.1 Å². The number of hydrogen-bond acceptors (Lipinski definition) is 5. The number of hydrogen-bond donors (Lipinski definition) is 3. The number of fused-ring (bicyclic) bond motifs is 1. The second-order valence-corrected chi connectivity index (χ2v) is 10.3. The number of aromatic amines is 1. The van der Waals surface area contributed by atoms with Crippen molar-refractivity contribution in [2.24, 2.45) is 0 Å². The summed E-state index contributed by atoms with van der Waals surface area (Å²) in [7, 11) is 0. The molecule has 0 saturated heterocycles. The first-order chi connectivity index (χ1) is 18.0. The Labute approximate surface area is 224 Å². The molecular formula is C28H29BrN6O2. The number of halogens is 1. The maximum absolute atomic E-state index is 13.6. The van der Waals surface area contributed by atoms with E-state index >= 15 is 0 Å². The van der Waals surface area contributed by atoms with E-state index in [0.29, 0.717) is 12.4 Å². The highest BCUT2D eigenvalue weighted by Gasteiger charge is 2.21. The molecule has 37 heavy (non-hydrogen) atoms. The summed E-state index contributed by atoms with van der Waals surface area (Å²) in [5.74, 6) is 0.455. The van der Waals surface area contributed by atoms with Gasteiger partial charge in [0.05, 0.1) is 18.7 Å². The van der Waals surface area contributed by atoms with Crippen molar-refractivity contribution in [1.29, 1.82) is 0 Å². The lowest BCUT2D eigenvalue weighted by molar-refractivity contribution is 0.176. The molecule has 3 N–H and O–H groups in total. The smallest absolute Gasteiger partial charge is 0.322 e. The first kappa shape index (κ1) is 25.1. The van der Waals surface area contributed by atoms with E-state index in [1.807, 2.05) is 61.5 Å². The van der Waals surface area contributed by atoms with E-state index in [-0.39, 0.29) is 18.5 Å². The van der Waals surface area contributed by atoms with Crippen molar-refractivity contribution >= 4 is 27.6 Å². The number of aryl methyl sites for hydroxylation is 2. The van der Waals surface area contributed by atoms with Crippen LogP contribution >= 0.6 is 15.9 Å².